The van der Waals surface area contributed by atoms with Gasteiger partial charge in [0.2, 0.25) is 0 Å². The van der Waals surface area contributed by atoms with Gasteiger partial charge in [-0.05, 0) is 20.3 Å². The number of imide groups is 1. The van der Waals surface area contributed by atoms with Crippen LogP contribution in [0.3, 0.4) is 0 Å². The van der Waals surface area contributed by atoms with Crippen molar-refractivity contribution in [3.8, 4) is 0 Å². The predicted octanol–water partition coefficient (Wildman–Crippen LogP) is 3.51. The second kappa shape index (κ2) is 10.7. The molecule has 0 bridgehead atoms. The van der Waals surface area contributed by atoms with Gasteiger partial charge in [0.25, 0.3) is 11.8 Å². The van der Waals surface area contributed by atoms with E-state index in [4.69, 9.17) is 4.74 Å². The molecular formula is C16H25NO6S2. The Labute approximate surface area is 155 Å². The zero-order valence-corrected chi connectivity index (χ0v) is 16.5. The normalized spacial score (nSPS) is 14.8. The number of hydrogen-bond donors (Lipinski definition) is 0. The number of Topliss-reactive ketones (excluding diaryl/α,β-unsaturated/α-hetero) is 1. The molecule has 25 heavy (non-hydrogen) atoms. The first-order valence-electron chi connectivity index (χ1n) is 8.28. The van der Waals surface area contributed by atoms with E-state index >= 15 is 0 Å². The van der Waals surface area contributed by atoms with Gasteiger partial charge in [-0.1, -0.05) is 40.0 Å². The van der Waals surface area contributed by atoms with Gasteiger partial charge in [-0.2, -0.15) is 0 Å². The minimum Gasteiger partial charge on any atom is -0.431 e. The topological polar surface area (TPSA) is 90.0 Å². The number of unbranched alkanes of at least 4 members (excludes halogenated alkanes) is 1. The van der Waals surface area contributed by atoms with E-state index in [9.17, 15) is 19.2 Å². The van der Waals surface area contributed by atoms with Crippen LogP contribution in [-0.4, -0.2) is 45.9 Å². The lowest BCUT2D eigenvalue weighted by Crippen LogP contribution is -2.34. The SMILES string of the molecule is CCCCC(=O)CCSSC(C)(C)COC(=O)ON1C(=O)CCC1=O. The average Bonchev–Trinajstić information content (AvgIpc) is 2.87. The van der Waals surface area contributed by atoms with E-state index in [1.165, 1.54) is 10.8 Å². The van der Waals surface area contributed by atoms with Crippen LogP contribution in [0.5, 0.6) is 0 Å². The third-order valence-electron chi connectivity index (χ3n) is 3.27. The van der Waals surface area contributed by atoms with Crippen molar-refractivity contribution in [3.05, 3.63) is 0 Å². The summed E-state index contributed by atoms with van der Waals surface area (Å²) in [5, 5.41) is 0.457. The average molecular weight is 392 g/mol. The maximum Gasteiger partial charge on any atom is 0.534 e. The van der Waals surface area contributed by atoms with E-state index in [0.717, 1.165) is 12.8 Å². The molecule has 2 amide bonds. The fourth-order valence-corrected chi connectivity index (χ4v) is 4.29. The number of amides is 2. The minimum absolute atomic E-state index is 0.0427. The summed E-state index contributed by atoms with van der Waals surface area (Å²) in [6, 6.07) is 0. The number of carbonyl (C=O) groups excluding carboxylic acids is 4. The molecule has 0 aromatic heterocycles. The fraction of sp³-hybridized carbons (Fsp3) is 0.750. The summed E-state index contributed by atoms with van der Waals surface area (Å²) in [6.07, 6.45) is 2.13. The summed E-state index contributed by atoms with van der Waals surface area (Å²) >= 11 is 0. The fourth-order valence-electron chi connectivity index (χ4n) is 1.87. The summed E-state index contributed by atoms with van der Waals surface area (Å²) in [4.78, 5) is 50.5. The Kier molecular flexibility index (Phi) is 9.34. The first kappa shape index (κ1) is 21.8. The van der Waals surface area contributed by atoms with Gasteiger partial charge in [0.1, 0.15) is 12.4 Å². The van der Waals surface area contributed by atoms with Crippen LogP contribution in [-0.2, 0) is 24.0 Å². The Morgan fingerprint density at radius 2 is 1.80 bits per heavy atom. The summed E-state index contributed by atoms with van der Waals surface area (Å²) in [7, 11) is 3.07. The molecule has 0 atom stereocenters. The number of hydroxylamine groups is 2. The van der Waals surface area contributed by atoms with Crippen LogP contribution in [0.4, 0.5) is 4.79 Å². The Bertz CT molecular complexity index is 493. The van der Waals surface area contributed by atoms with Crippen LogP contribution < -0.4 is 0 Å². The molecule has 7 nitrogen and oxygen atoms in total. The summed E-state index contributed by atoms with van der Waals surface area (Å²) in [5.74, 6) is -0.108. The lowest BCUT2D eigenvalue weighted by molar-refractivity contribution is -0.177. The van der Waals surface area contributed by atoms with E-state index in [-0.39, 0.29) is 25.2 Å². The molecule has 0 N–H and O–H groups in total. The van der Waals surface area contributed by atoms with Crippen molar-refractivity contribution in [2.45, 2.75) is 64.0 Å². The molecule has 142 valence electrons. The molecule has 0 aromatic rings. The van der Waals surface area contributed by atoms with E-state index in [1.54, 1.807) is 10.8 Å². The van der Waals surface area contributed by atoms with Gasteiger partial charge in [-0.3, -0.25) is 19.2 Å². The summed E-state index contributed by atoms with van der Waals surface area (Å²) in [6.45, 7) is 5.90. The van der Waals surface area contributed by atoms with Crippen LogP contribution in [0.15, 0.2) is 0 Å². The molecule has 1 aliphatic heterocycles. The van der Waals surface area contributed by atoms with Crippen LogP contribution in [0.2, 0.25) is 0 Å². The molecule has 1 rings (SSSR count). The third-order valence-corrected chi connectivity index (χ3v) is 6.53. The molecule has 0 aromatic carbocycles. The highest BCUT2D eigenvalue weighted by molar-refractivity contribution is 8.77. The quantitative estimate of drug-likeness (QED) is 0.229. The van der Waals surface area contributed by atoms with Gasteiger partial charge in [-0.25, -0.2) is 4.79 Å². The Balaban J connectivity index is 2.21. The summed E-state index contributed by atoms with van der Waals surface area (Å²) in [5.41, 5.74) is 0. The van der Waals surface area contributed by atoms with Crippen molar-refractivity contribution in [2.24, 2.45) is 0 Å². The van der Waals surface area contributed by atoms with Gasteiger partial charge in [-0.15, -0.1) is 0 Å². The van der Waals surface area contributed by atoms with Crippen molar-refractivity contribution in [3.63, 3.8) is 0 Å². The van der Waals surface area contributed by atoms with Crippen LogP contribution in [0.25, 0.3) is 0 Å². The largest absolute Gasteiger partial charge is 0.534 e. The second-order valence-corrected chi connectivity index (χ2v) is 9.39. The van der Waals surface area contributed by atoms with E-state index in [1.807, 2.05) is 13.8 Å². The number of ketones is 1. The van der Waals surface area contributed by atoms with Crippen molar-refractivity contribution < 1.29 is 28.8 Å². The second-order valence-electron chi connectivity index (χ2n) is 6.27. The van der Waals surface area contributed by atoms with E-state index in [0.29, 0.717) is 23.7 Å². The van der Waals surface area contributed by atoms with Gasteiger partial charge in [0, 0.05) is 31.4 Å². The lowest BCUT2D eigenvalue weighted by Gasteiger charge is -2.22. The van der Waals surface area contributed by atoms with Crippen molar-refractivity contribution in [1.82, 2.24) is 5.06 Å². The first-order valence-corrected chi connectivity index (χ1v) is 10.6. The van der Waals surface area contributed by atoms with E-state index in [2.05, 4.69) is 11.8 Å². The molecular weight excluding hydrogens is 366 g/mol. The van der Waals surface area contributed by atoms with Crippen LogP contribution in [0, 0.1) is 0 Å². The number of carbonyl (C=O) groups is 4. The van der Waals surface area contributed by atoms with Crippen LogP contribution in [0.1, 0.15) is 59.3 Å². The molecule has 1 aliphatic rings. The molecule has 0 saturated carbocycles. The van der Waals surface area contributed by atoms with Gasteiger partial charge >= 0.3 is 6.16 Å². The van der Waals surface area contributed by atoms with Crippen LogP contribution >= 0.6 is 21.6 Å². The molecule has 1 saturated heterocycles. The third kappa shape index (κ3) is 8.62. The molecule has 0 spiro atoms. The molecule has 1 heterocycles. The molecule has 9 heteroatoms. The molecule has 0 unspecified atom stereocenters. The molecule has 0 aliphatic carbocycles. The smallest absolute Gasteiger partial charge is 0.431 e. The number of nitrogens with zero attached hydrogens (tertiary/aromatic N) is 1. The molecule has 0 radical (unpaired) electrons. The Hall–Kier alpha value is -1.22. The number of hydrogen-bond acceptors (Lipinski definition) is 8. The van der Waals surface area contributed by atoms with E-state index < -0.39 is 22.7 Å². The lowest BCUT2D eigenvalue weighted by atomic mass is 10.1. The van der Waals surface area contributed by atoms with Crippen molar-refractivity contribution >= 4 is 45.3 Å². The predicted molar refractivity (Wildman–Crippen MR) is 96.8 cm³/mol. The Morgan fingerprint density at radius 1 is 1.16 bits per heavy atom. The maximum atomic E-state index is 11.6. The van der Waals surface area contributed by atoms with Gasteiger partial charge in [0.15, 0.2) is 0 Å². The van der Waals surface area contributed by atoms with Crippen molar-refractivity contribution in [1.29, 1.82) is 0 Å². The monoisotopic (exact) mass is 391 g/mol. The number of ether oxygens (including phenoxy) is 1. The number of rotatable bonds is 11. The summed E-state index contributed by atoms with van der Waals surface area (Å²) < 4.78 is 4.59. The first-order chi connectivity index (χ1) is 11.7. The van der Waals surface area contributed by atoms with Gasteiger partial charge < -0.3 is 4.74 Å². The standard InChI is InChI=1S/C16H25NO6S2/c1-4-5-6-12(18)9-10-24-25-16(2,3)11-22-15(21)23-17-13(19)7-8-14(17)20/h4-11H2,1-3H3. The molecule has 1 fully saturated rings. The van der Waals surface area contributed by atoms with Crippen molar-refractivity contribution in [2.75, 3.05) is 12.4 Å². The highest BCUT2D eigenvalue weighted by Gasteiger charge is 2.34. The highest BCUT2D eigenvalue weighted by atomic mass is 33.1. The van der Waals surface area contributed by atoms with Gasteiger partial charge in [0.05, 0.1) is 4.75 Å². The minimum atomic E-state index is -1.07. The highest BCUT2D eigenvalue weighted by Crippen LogP contribution is 2.36. The maximum absolute atomic E-state index is 11.6. The zero-order valence-electron chi connectivity index (χ0n) is 14.9. The Morgan fingerprint density at radius 3 is 2.40 bits per heavy atom. The zero-order chi connectivity index (χ0) is 18.9.